The van der Waals surface area contributed by atoms with Gasteiger partial charge in [-0.3, -0.25) is 9.10 Å². The molecule has 0 aliphatic carbocycles. The van der Waals surface area contributed by atoms with E-state index in [0.29, 0.717) is 31.2 Å². The third kappa shape index (κ3) is 4.26. The zero-order valence-corrected chi connectivity index (χ0v) is 19.0. The molecule has 0 unspecified atom stereocenters. The van der Waals surface area contributed by atoms with E-state index in [4.69, 9.17) is 21.1 Å². The summed E-state index contributed by atoms with van der Waals surface area (Å²) < 4.78 is 38.1. The zero-order chi connectivity index (χ0) is 22.1. The van der Waals surface area contributed by atoms with Crippen molar-refractivity contribution in [1.29, 1.82) is 0 Å². The number of nitrogens with zero attached hydrogens (tertiary/aromatic N) is 2. The van der Waals surface area contributed by atoms with Crippen LogP contribution in [0.15, 0.2) is 47.4 Å². The van der Waals surface area contributed by atoms with Gasteiger partial charge >= 0.3 is 0 Å². The molecule has 30 heavy (non-hydrogen) atoms. The monoisotopic (exact) mass is 452 g/mol. The van der Waals surface area contributed by atoms with Gasteiger partial charge in [-0.1, -0.05) is 11.6 Å². The molecule has 1 heterocycles. The van der Waals surface area contributed by atoms with Gasteiger partial charge in [0, 0.05) is 13.6 Å². The SMILES string of the molecule is COc1ccc(N(C)S(=O)(=O)c2ccc(Cl)c(C(=O)N3CCOCC3(C)C)c2)cc1. The van der Waals surface area contributed by atoms with Gasteiger partial charge in [0.1, 0.15) is 5.75 Å². The van der Waals surface area contributed by atoms with Crippen LogP contribution in [0.3, 0.4) is 0 Å². The largest absolute Gasteiger partial charge is 0.497 e. The lowest BCUT2D eigenvalue weighted by Crippen LogP contribution is -2.55. The highest BCUT2D eigenvalue weighted by atomic mass is 35.5. The minimum absolute atomic E-state index is 0.0142. The topological polar surface area (TPSA) is 76.2 Å². The molecule has 0 radical (unpaired) electrons. The highest BCUT2D eigenvalue weighted by Crippen LogP contribution is 2.29. The Labute approximate surface area is 182 Å². The van der Waals surface area contributed by atoms with Crippen molar-refractivity contribution in [1.82, 2.24) is 4.90 Å². The molecule has 7 nitrogen and oxygen atoms in total. The van der Waals surface area contributed by atoms with E-state index in [1.807, 2.05) is 13.8 Å². The predicted molar refractivity (Wildman–Crippen MR) is 116 cm³/mol. The second kappa shape index (κ2) is 8.45. The molecule has 2 aromatic rings. The highest BCUT2D eigenvalue weighted by molar-refractivity contribution is 7.92. The Bertz CT molecular complexity index is 1040. The molecule has 162 valence electrons. The first-order chi connectivity index (χ1) is 14.1. The van der Waals surface area contributed by atoms with Crippen LogP contribution in [-0.4, -0.2) is 58.7 Å². The summed E-state index contributed by atoms with van der Waals surface area (Å²) in [6.45, 7) is 5.02. The molecule has 1 amide bonds. The summed E-state index contributed by atoms with van der Waals surface area (Å²) in [5.74, 6) is 0.300. The number of hydrogen-bond donors (Lipinski definition) is 0. The van der Waals surface area contributed by atoms with Crippen molar-refractivity contribution in [2.24, 2.45) is 0 Å². The fraction of sp³-hybridized carbons (Fsp3) is 0.381. The van der Waals surface area contributed by atoms with E-state index in [9.17, 15) is 13.2 Å². The summed E-state index contributed by atoms with van der Waals surface area (Å²) in [4.78, 5) is 14.8. The van der Waals surface area contributed by atoms with Gasteiger partial charge in [0.25, 0.3) is 15.9 Å². The molecule has 3 rings (SSSR count). The summed E-state index contributed by atoms with van der Waals surface area (Å²) in [5, 5.41) is 0.202. The summed E-state index contributed by atoms with van der Waals surface area (Å²) in [5.41, 5.74) is 0.0942. The Balaban J connectivity index is 1.95. The Hall–Kier alpha value is -2.29. The number of amides is 1. The number of methoxy groups -OCH3 is 1. The molecule has 0 saturated carbocycles. The zero-order valence-electron chi connectivity index (χ0n) is 17.4. The third-order valence-corrected chi connectivity index (χ3v) is 7.26. The molecule has 0 spiro atoms. The first-order valence-electron chi connectivity index (χ1n) is 9.40. The molecule has 1 saturated heterocycles. The van der Waals surface area contributed by atoms with Crippen LogP contribution in [-0.2, 0) is 14.8 Å². The lowest BCUT2D eigenvalue weighted by molar-refractivity contribution is -0.0370. The van der Waals surface area contributed by atoms with Crippen molar-refractivity contribution >= 4 is 33.2 Å². The number of ether oxygens (including phenoxy) is 2. The van der Waals surface area contributed by atoms with Crippen LogP contribution in [0, 0.1) is 0 Å². The average Bonchev–Trinajstić information content (AvgIpc) is 2.72. The Morgan fingerprint density at radius 3 is 2.47 bits per heavy atom. The second-order valence-corrected chi connectivity index (χ2v) is 10.0. The molecule has 0 bridgehead atoms. The minimum atomic E-state index is -3.91. The molecule has 0 atom stereocenters. The van der Waals surface area contributed by atoms with Crippen LogP contribution in [0.5, 0.6) is 5.75 Å². The van der Waals surface area contributed by atoms with Gasteiger partial charge in [-0.25, -0.2) is 8.42 Å². The van der Waals surface area contributed by atoms with E-state index in [-0.39, 0.29) is 21.4 Å². The Kier molecular flexibility index (Phi) is 6.31. The molecule has 0 aromatic heterocycles. The van der Waals surface area contributed by atoms with E-state index in [2.05, 4.69) is 0 Å². The lowest BCUT2D eigenvalue weighted by Gasteiger charge is -2.42. The van der Waals surface area contributed by atoms with Crippen molar-refractivity contribution in [3.8, 4) is 5.75 Å². The molecule has 2 aromatic carbocycles. The smallest absolute Gasteiger partial charge is 0.264 e. The Morgan fingerprint density at radius 1 is 1.20 bits per heavy atom. The maximum Gasteiger partial charge on any atom is 0.264 e. The number of rotatable bonds is 5. The van der Waals surface area contributed by atoms with E-state index < -0.39 is 15.6 Å². The number of benzene rings is 2. The highest BCUT2D eigenvalue weighted by Gasteiger charge is 2.36. The number of carbonyl (C=O) groups excluding carboxylic acids is 1. The van der Waals surface area contributed by atoms with Gasteiger partial charge in [0.05, 0.1) is 47.0 Å². The second-order valence-electron chi connectivity index (χ2n) is 7.63. The first-order valence-corrected chi connectivity index (χ1v) is 11.2. The molecular weight excluding hydrogens is 428 g/mol. The average molecular weight is 453 g/mol. The molecular formula is C21H25ClN2O5S. The van der Waals surface area contributed by atoms with Gasteiger partial charge in [-0.15, -0.1) is 0 Å². The fourth-order valence-corrected chi connectivity index (χ4v) is 4.72. The van der Waals surface area contributed by atoms with Crippen LogP contribution in [0.1, 0.15) is 24.2 Å². The fourth-order valence-electron chi connectivity index (χ4n) is 3.30. The third-order valence-electron chi connectivity index (χ3n) is 5.15. The van der Waals surface area contributed by atoms with Gasteiger partial charge in [0.2, 0.25) is 0 Å². The maximum absolute atomic E-state index is 13.2. The predicted octanol–water partition coefficient (Wildman–Crippen LogP) is 3.42. The first kappa shape index (κ1) is 22.4. The maximum atomic E-state index is 13.2. The van der Waals surface area contributed by atoms with Crippen molar-refractivity contribution < 1.29 is 22.7 Å². The molecule has 1 fully saturated rings. The van der Waals surface area contributed by atoms with Crippen LogP contribution in [0.25, 0.3) is 0 Å². The summed E-state index contributed by atoms with van der Waals surface area (Å²) >= 11 is 6.28. The van der Waals surface area contributed by atoms with Gasteiger partial charge in [-0.2, -0.15) is 0 Å². The Morgan fingerprint density at radius 2 is 1.87 bits per heavy atom. The van der Waals surface area contributed by atoms with Crippen molar-refractivity contribution in [2.75, 3.05) is 38.2 Å². The minimum Gasteiger partial charge on any atom is -0.497 e. The summed E-state index contributed by atoms with van der Waals surface area (Å²) in [6, 6.07) is 10.8. The van der Waals surface area contributed by atoms with Crippen molar-refractivity contribution in [3.63, 3.8) is 0 Å². The molecule has 0 N–H and O–H groups in total. The molecule has 1 aliphatic heterocycles. The van der Waals surface area contributed by atoms with E-state index in [0.717, 1.165) is 4.31 Å². The summed E-state index contributed by atoms with van der Waals surface area (Å²) in [6.07, 6.45) is 0. The summed E-state index contributed by atoms with van der Waals surface area (Å²) in [7, 11) is -0.910. The number of hydrogen-bond acceptors (Lipinski definition) is 5. The van der Waals surface area contributed by atoms with E-state index >= 15 is 0 Å². The normalized spacial score (nSPS) is 16.2. The van der Waals surface area contributed by atoms with E-state index in [1.54, 1.807) is 29.2 Å². The van der Waals surface area contributed by atoms with Crippen LogP contribution in [0.4, 0.5) is 5.69 Å². The number of anilines is 1. The quantitative estimate of drug-likeness (QED) is 0.694. The van der Waals surface area contributed by atoms with E-state index in [1.165, 1.54) is 32.4 Å². The van der Waals surface area contributed by atoms with Crippen molar-refractivity contribution in [3.05, 3.63) is 53.1 Å². The van der Waals surface area contributed by atoms with Crippen LogP contribution in [0.2, 0.25) is 5.02 Å². The number of halogens is 1. The number of morpholine rings is 1. The molecule has 1 aliphatic rings. The molecule has 9 heteroatoms. The van der Waals surface area contributed by atoms with Gasteiger partial charge in [-0.05, 0) is 56.3 Å². The van der Waals surface area contributed by atoms with Crippen LogP contribution >= 0.6 is 11.6 Å². The lowest BCUT2D eigenvalue weighted by atomic mass is 10.0. The van der Waals surface area contributed by atoms with Crippen molar-refractivity contribution in [2.45, 2.75) is 24.3 Å². The number of carbonyl (C=O) groups is 1. The van der Waals surface area contributed by atoms with Gasteiger partial charge < -0.3 is 14.4 Å². The number of sulfonamides is 1. The van der Waals surface area contributed by atoms with Gasteiger partial charge in [0.15, 0.2) is 0 Å². The van der Waals surface area contributed by atoms with Crippen LogP contribution < -0.4 is 9.04 Å². The standard InChI is InChI=1S/C21H25ClN2O5S/c1-21(2)14-29-12-11-24(21)20(25)18-13-17(9-10-19(18)22)30(26,27)23(3)15-5-7-16(28-4)8-6-15/h5-10,13H,11-12,14H2,1-4H3.